The van der Waals surface area contributed by atoms with Crippen LogP contribution in [-0.4, -0.2) is 61.6 Å². The van der Waals surface area contributed by atoms with Crippen molar-refractivity contribution in [2.75, 3.05) is 45.9 Å². The molecule has 2 fully saturated rings. The predicted octanol–water partition coefficient (Wildman–Crippen LogP) is 3.43. The van der Waals surface area contributed by atoms with E-state index in [9.17, 15) is 4.79 Å². The van der Waals surface area contributed by atoms with Gasteiger partial charge in [0, 0.05) is 37.2 Å². The van der Waals surface area contributed by atoms with Gasteiger partial charge in [-0.15, -0.1) is 0 Å². The predicted molar refractivity (Wildman–Crippen MR) is 106 cm³/mol. The van der Waals surface area contributed by atoms with Gasteiger partial charge in [-0.2, -0.15) is 0 Å². The highest BCUT2D eigenvalue weighted by Crippen LogP contribution is 2.40. The maximum absolute atomic E-state index is 13.1. The third kappa shape index (κ3) is 4.08. The lowest BCUT2D eigenvalue weighted by molar-refractivity contribution is 0.0594. The number of nitrogens with zero attached hydrogens (tertiary/aromatic N) is 2. The van der Waals surface area contributed by atoms with Crippen LogP contribution in [0.1, 0.15) is 50.4 Å². The number of ether oxygens (including phenoxy) is 2. The number of piperidine rings is 1. The van der Waals surface area contributed by atoms with Crippen LogP contribution in [0.25, 0.3) is 0 Å². The van der Waals surface area contributed by atoms with Crippen molar-refractivity contribution in [2.24, 2.45) is 10.8 Å². The van der Waals surface area contributed by atoms with Gasteiger partial charge in [0.25, 0.3) is 5.91 Å². The van der Waals surface area contributed by atoms with E-state index >= 15 is 0 Å². The average Bonchev–Trinajstić information content (AvgIpc) is 3.02. The summed E-state index contributed by atoms with van der Waals surface area (Å²) in [6.45, 7) is 13.2. The first-order valence-corrected chi connectivity index (χ1v) is 10.3. The Hall–Kier alpha value is -1.75. The molecule has 148 valence electrons. The van der Waals surface area contributed by atoms with Gasteiger partial charge in [0.1, 0.15) is 13.2 Å². The summed E-state index contributed by atoms with van der Waals surface area (Å²) in [6.07, 6.45) is 3.59. The Morgan fingerprint density at radius 3 is 2.63 bits per heavy atom. The van der Waals surface area contributed by atoms with E-state index < -0.39 is 0 Å². The van der Waals surface area contributed by atoms with Crippen molar-refractivity contribution in [3.05, 3.63) is 23.8 Å². The Kier molecular flexibility index (Phi) is 4.83. The van der Waals surface area contributed by atoms with Crippen LogP contribution < -0.4 is 9.47 Å². The Labute approximate surface area is 162 Å². The molecule has 0 bridgehead atoms. The van der Waals surface area contributed by atoms with Crippen LogP contribution in [-0.2, 0) is 0 Å². The number of likely N-dealkylation sites (tertiary alicyclic amines) is 2. The van der Waals surface area contributed by atoms with Crippen molar-refractivity contribution >= 4 is 5.91 Å². The highest BCUT2D eigenvalue weighted by molar-refractivity contribution is 5.95. The van der Waals surface area contributed by atoms with E-state index in [2.05, 4.69) is 25.7 Å². The summed E-state index contributed by atoms with van der Waals surface area (Å²) in [4.78, 5) is 17.7. The number of fused-ring (bicyclic) bond motifs is 1. The fourth-order valence-corrected chi connectivity index (χ4v) is 4.92. The minimum Gasteiger partial charge on any atom is -0.486 e. The number of benzene rings is 1. The maximum atomic E-state index is 13.1. The zero-order chi connectivity index (χ0) is 19.1. The molecule has 5 nitrogen and oxygen atoms in total. The van der Waals surface area contributed by atoms with Crippen molar-refractivity contribution in [2.45, 2.75) is 40.0 Å². The van der Waals surface area contributed by atoms with E-state index in [4.69, 9.17) is 9.47 Å². The first-order valence-electron chi connectivity index (χ1n) is 10.3. The Morgan fingerprint density at radius 2 is 1.85 bits per heavy atom. The van der Waals surface area contributed by atoms with Gasteiger partial charge in [-0.05, 0) is 49.4 Å². The van der Waals surface area contributed by atoms with Crippen LogP contribution in [0.4, 0.5) is 0 Å². The molecule has 1 aromatic rings. The highest BCUT2D eigenvalue weighted by atomic mass is 16.6. The van der Waals surface area contributed by atoms with Crippen LogP contribution in [0, 0.1) is 10.8 Å². The molecule has 0 aliphatic carbocycles. The molecular weight excluding hydrogens is 340 g/mol. The zero-order valence-corrected chi connectivity index (χ0v) is 16.9. The molecular formula is C22H32N2O3. The van der Waals surface area contributed by atoms with Gasteiger partial charge in [0.05, 0.1) is 0 Å². The molecule has 1 aromatic carbocycles. The third-order valence-corrected chi connectivity index (χ3v) is 5.95. The largest absolute Gasteiger partial charge is 0.486 e. The smallest absolute Gasteiger partial charge is 0.254 e. The lowest BCUT2D eigenvalue weighted by atomic mass is 9.78. The third-order valence-electron chi connectivity index (χ3n) is 5.95. The summed E-state index contributed by atoms with van der Waals surface area (Å²) >= 11 is 0. The van der Waals surface area contributed by atoms with E-state index in [0.29, 0.717) is 29.9 Å². The van der Waals surface area contributed by atoms with Crippen LogP contribution in [0.5, 0.6) is 11.5 Å². The van der Waals surface area contributed by atoms with E-state index in [0.717, 1.165) is 38.3 Å². The average molecular weight is 373 g/mol. The van der Waals surface area contributed by atoms with Crippen molar-refractivity contribution in [3.63, 3.8) is 0 Å². The SMILES string of the molecule is CC(C)(C)CN1CCC[C@]2(CCN(C(=O)c3ccc4c(c3)OCCO4)C2)C1. The van der Waals surface area contributed by atoms with Crippen molar-refractivity contribution in [1.82, 2.24) is 9.80 Å². The lowest BCUT2D eigenvalue weighted by Crippen LogP contribution is -2.47. The van der Waals surface area contributed by atoms with Crippen LogP contribution in [0.2, 0.25) is 0 Å². The topological polar surface area (TPSA) is 42.0 Å². The quantitative estimate of drug-likeness (QED) is 0.798. The molecule has 0 N–H and O–H groups in total. The normalized spacial score (nSPS) is 25.8. The Morgan fingerprint density at radius 1 is 1.07 bits per heavy atom. The second-order valence-electron chi connectivity index (χ2n) is 9.71. The molecule has 1 spiro atoms. The second kappa shape index (κ2) is 7.01. The molecule has 1 atom stereocenters. The molecule has 3 aliphatic rings. The minimum absolute atomic E-state index is 0.122. The van der Waals surface area contributed by atoms with Gasteiger partial charge in [-0.1, -0.05) is 20.8 Å². The van der Waals surface area contributed by atoms with Gasteiger partial charge < -0.3 is 19.3 Å². The number of hydrogen-bond donors (Lipinski definition) is 0. The van der Waals surface area contributed by atoms with Gasteiger partial charge in [-0.3, -0.25) is 4.79 Å². The van der Waals surface area contributed by atoms with Gasteiger partial charge in [-0.25, -0.2) is 0 Å². The summed E-state index contributed by atoms with van der Waals surface area (Å²) in [6, 6.07) is 5.57. The number of rotatable bonds is 2. The molecule has 0 unspecified atom stereocenters. The van der Waals surface area contributed by atoms with Crippen molar-refractivity contribution in [3.8, 4) is 11.5 Å². The van der Waals surface area contributed by atoms with Crippen LogP contribution >= 0.6 is 0 Å². The molecule has 0 radical (unpaired) electrons. The molecule has 2 saturated heterocycles. The van der Waals surface area contributed by atoms with E-state index in [-0.39, 0.29) is 11.3 Å². The molecule has 3 heterocycles. The second-order valence-corrected chi connectivity index (χ2v) is 9.71. The highest BCUT2D eigenvalue weighted by Gasteiger charge is 2.43. The number of amides is 1. The first kappa shape index (κ1) is 18.6. The number of hydrogen-bond acceptors (Lipinski definition) is 4. The molecule has 0 aromatic heterocycles. The van der Waals surface area contributed by atoms with E-state index in [1.165, 1.54) is 19.4 Å². The van der Waals surface area contributed by atoms with Crippen LogP contribution in [0.3, 0.4) is 0 Å². The minimum atomic E-state index is 0.122. The van der Waals surface area contributed by atoms with Crippen molar-refractivity contribution < 1.29 is 14.3 Å². The summed E-state index contributed by atoms with van der Waals surface area (Å²) in [5.41, 5.74) is 1.30. The number of carbonyl (C=O) groups excluding carboxylic acids is 1. The molecule has 3 aliphatic heterocycles. The van der Waals surface area contributed by atoms with E-state index in [1.807, 2.05) is 23.1 Å². The van der Waals surface area contributed by atoms with Gasteiger partial charge in [0.15, 0.2) is 11.5 Å². The summed E-state index contributed by atoms with van der Waals surface area (Å²) in [5.74, 6) is 1.55. The Balaban J connectivity index is 1.43. The summed E-state index contributed by atoms with van der Waals surface area (Å²) in [5, 5.41) is 0. The van der Waals surface area contributed by atoms with Gasteiger partial charge >= 0.3 is 0 Å². The number of carbonyl (C=O) groups is 1. The Bertz CT molecular complexity index is 712. The fourth-order valence-electron chi connectivity index (χ4n) is 4.92. The van der Waals surface area contributed by atoms with E-state index in [1.54, 1.807) is 0 Å². The molecule has 1 amide bonds. The first-order chi connectivity index (χ1) is 12.8. The fraction of sp³-hybridized carbons (Fsp3) is 0.682. The molecule has 5 heteroatoms. The maximum Gasteiger partial charge on any atom is 0.254 e. The summed E-state index contributed by atoms with van der Waals surface area (Å²) < 4.78 is 11.2. The monoisotopic (exact) mass is 372 g/mol. The molecule has 4 rings (SSSR count). The summed E-state index contributed by atoms with van der Waals surface area (Å²) in [7, 11) is 0. The standard InChI is InChI=1S/C22H32N2O3/c1-21(2,3)14-23-9-4-7-22(15-23)8-10-24(16-22)20(25)17-5-6-18-19(13-17)27-12-11-26-18/h5-6,13H,4,7-12,14-16H2,1-3H3/t22-/m0/s1. The van der Waals surface area contributed by atoms with Gasteiger partial charge in [0.2, 0.25) is 0 Å². The van der Waals surface area contributed by atoms with Crippen molar-refractivity contribution in [1.29, 1.82) is 0 Å². The lowest BCUT2D eigenvalue weighted by Gasteiger charge is -2.42. The molecule has 0 saturated carbocycles. The molecule has 27 heavy (non-hydrogen) atoms. The zero-order valence-electron chi connectivity index (χ0n) is 16.9. The van der Waals surface area contributed by atoms with Crippen LogP contribution in [0.15, 0.2) is 18.2 Å².